The molecule has 3 aliphatic rings. The number of nitrogens with one attached hydrogen (secondary N) is 1. The molecule has 2 aromatic carbocycles. The predicted molar refractivity (Wildman–Crippen MR) is 188 cm³/mol. The SMILES string of the molecule is Nc1nccc(-c2c(-c3ccc(F)cc3)ncn2C2CCN(CCCNC3[C@H]4CN(CC(O)(Cn5cncn5)c5ccc(F)cc5F)C[C@@H]34)CC2)n1. The highest BCUT2D eigenvalue weighted by Gasteiger charge is 2.56. The van der Waals surface area contributed by atoms with E-state index >= 15 is 0 Å². The molecule has 2 aliphatic heterocycles. The second-order valence-electron chi connectivity index (χ2n) is 14.3. The largest absolute Gasteiger partial charge is 0.382 e. The summed E-state index contributed by atoms with van der Waals surface area (Å²) in [5, 5.41) is 19.6. The molecule has 272 valence electrons. The normalized spacial score (nSPS) is 22.0. The average molecular weight is 714 g/mol. The van der Waals surface area contributed by atoms with E-state index in [2.05, 4.69) is 39.7 Å². The van der Waals surface area contributed by atoms with Gasteiger partial charge in [0.05, 0.1) is 30.0 Å². The number of nitrogens with zero attached hydrogens (tertiary/aromatic N) is 9. The van der Waals surface area contributed by atoms with E-state index in [1.54, 1.807) is 18.3 Å². The number of aromatic nitrogens is 7. The topological polar surface area (TPSA) is 139 Å². The van der Waals surface area contributed by atoms with Gasteiger partial charge in [0.2, 0.25) is 5.95 Å². The highest BCUT2D eigenvalue weighted by atomic mass is 19.1. The number of nitrogens with two attached hydrogens (primary N) is 1. The summed E-state index contributed by atoms with van der Waals surface area (Å²) >= 11 is 0. The predicted octanol–water partition coefficient (Wildman–Crippen LogP) is 3.73. The smallest absolute Gasteiger partial charge is 0.220 e. The zero-order chi connectivity index (χ0) is 35.8. The molecule has 4 N–H and O–H groups in total. The van der Waals surface area contributed by atoms with Crippen LogP contribution in [0.4, 0.5) is 19.1 Å². The van der Waals surface area contributed by atoms with E-state index in [0.717, 1.165) is 81.5 Å². The maximum atomic E-state index is 14.9. The molecule has 0 radical (unpaired) electrons. The zero-order valence-electron chi connectivity index (χ0n) is 28.7. The van der Waals surface area contributed by atoms with Gasteiger partial charge in [0, 0.05) is 68.2 Å². The van der Waals surface area contributed by atoms with Crippen molar-refractivity contribution in [1.82, 2.24) is 49.4 Å². The fraction of sp³-hybridized carbons (Fsp3) is 0.432. The number of benzene rings is 2. The van der Waals surface area contributed by atoms with E-state index in [9.17, 15) is 18.3 Å². The molecule has 1 aliphatic carbocycles. The highest BCUT2D eigenvalue weighted by molar-refractivity contribution is 5.77. The van der Waals surface area contributed by atoms with Gasteiger partial charge in [0.25, 0.3) is 0 Å². The van der Waals surface area contributed by atoms with Crippen LogP contribution in [-0.2, 0) is 12.1 Å². The minimum absolute atomic E-state index is 0.0118. The first kappa shape index (κ1) is 34.4. The van der Waals surface area contributed by atoms with Gasteiger partial charge in [0.15, 0.2) is 0 Å². The van der Waals surface area contributed by atoms with Gasteiger partial charge in [-0.05, 0) is 80.6 Å². The third kappa shape index (κ3) is 7.18. The molecule has 2 unspecified atom stereocenters. The van der Waals surface area contributed by atoms with Crippen LogP contribution in [0.25, 0.3) is 22.6 Å². The zero-order valence-corrected chi connectivity index (χ0v) is 28.7. The van der Waals surface area contributed by atoms with E-state index in [1.807, 2.05) is 12.4 Å². The Labute approximate surface area is 299 Å². The summed E-state index contributed by atoms with van der Waals surface area (Å²) in [6.07, 6.45) is 9.33. The summed E-state index contributed by atoms with van der Waals surface area (Å²) in [4.78, 5) is 21.9. The summed E-state index contributed by atoms with van der Waals surface area (Å²) in [7, 11) is 0. The van der Waals surface area contributed by atoms with Crippen molar-refractivity contribution in [3.8, 4) is 22.6 Å². The number of hydrogen-bond donors (Lipinski definition) is 3. The van der Waals surface area contributed by atoms with Crippen LogP contribution in [0, 0.1) is 29.3 Å². The number of hydrogen-bond acceptors (Lipinski definition) is 10. The second-order valence-corrected chi connectivity index (χ2v) is 14.3. The van der Waals surface area contributed by atoms with E-state index in [0.29, 0.717) is 23.6 Å². The number of halogens is 3. The van der Waals surface area contributed by atoms with Gasteiger partial charge in [-0.2, -0.15) is 5.10 Å². The lowest BCUT2D eigenvalue weighted by Crippen LogP contribution is -2.45. The van der Waals surface area contributed by atoms with E-state index in [-0.39, 0.29) is 36.5 Å². The Morgan fingerprint density at radius 2 is 1.67 bits per heavy atom. The van der Waals surface area contributed by atoms with Crippen molar-refractivity contribution in [3.05, 3.63) is 96.7 Å². The van der Waals surface area contributed by atoms with Crippen molar-refractivity contribution in [2.45, 2.75) is 43.5 Å². The van der Waals surface area contributed by atoms with Crippen LogP contribution in [-0.4, -0.2) is 101 Å². The molecule has 0 spiro atoms. The highest BCUT2D eigenvalue weighted by Crippen LogP contribution is 2.46. The standard InChI is InChI=1S/C37H42F3N11O/c38-25-4-2-24(3-5-25)33-35(32-8-12-44-36(41)47-32)51(23-45-33)27-9-14-48(15-10-27)13-1-11-43-34-28-17-49(18-29(28)34)19-37(52,20-50-22-42-21-46-50)30-7-6-26(39)16-31(30)40/h2-8,12,16,21-23,27-29,34,43,52H,1,9-11,13-15,17-20H2,(H2,41,44,47)/t28-,29+,34?,37?. The first-order valence-electron chi connectivity index (χ1n) is 17.8. The maximum Gasteiger partial charge on any atom is 0.220 e. The quantitative estimate of drug-likeness (QED) is 0.155. The molecule has 5 aromatic rings. The van der Waals surface area contributed by atoms with Gasteiger partial charge in [-0.3, -0.25) is 4.90 Å². The van der Waals surface area contributed by atoms with Crippen LogP contribution in [0.2, 0.25) is 0 Å². The van der Waals surface area contributed by atoms with Crippen molar-refractivity contribution in [1.29, 1.82) is 0 Å². The van der Waals surface area contributed by atoms with E-state index in [1.165, 1.54) is 41.6 Å². The second kappa shape index (κ2) is 14.4. The van der Waals surface area contributed by atoms with Crippen LogP contribution in [0.1, 0.15) is 30.9 Å². The molecule has 3 fully saturated rings. The van der Waals surface area contributed by atoms with Crippen molar-refractivity contribution in [2.75, 3.05) is 51.5 Å². The lowest BCUT2D eigenvalue weighted by molar-refractivity contribution is -0.0193. The first-order chi connectivity index (χ1) is 25.2. The Bertz CT molecular complexity index is 1970. The molecular weight excluding hydrogens is 671 g/mol. The van der Waals surface area contributed by atoms with Crippen LogP contribution >= 0.6 is 0 Å². The Kier molecular flexibility index (Phi) is 9.51. The molecule has 4 atom stereocenters. The number of nitrogen functional groups attached to an aromatic ring is 1. The first-order valence-corrected chi connectivity index (χ1v) is 17.8. The molecule has 12 nitrogen and oxygen atoms in total. The van der Waals surface area contributed by atoms with Gasteiger partial charge < -0.3 is 25.6 Å². The van der Waals surface area contributed by atoms with Crippen molar-refractivity contribution < 1.29 is 18.3 Å². The number of imidazole rings is 1. The van der Waals surface area contributed by atoms with Gasteiger partial charge in [0.1, 0.15) is 35.7 Å². The molecule has 0 amide bonds. The van der Waals surface area contributed by atoms with Gasteiger partial charge in [-0.25, -0.2) is 37.8 Å². The summed E-state index contributed by atoms with van der Waals surface area (Å²) in [5.41, 5.74) is 7.52. The number of piperidine rings is 2. The number of anilines is 1. The summed E-state index contributed by atoms with van der Waals surface area (Å²) in [5.74, 6) is -0.592. The number of aliphatic hydroxyl groups is 1. The Balaban J connectivity index is 0.813. The van der Waals surface area contributed by atoms with Gasteiger partial charge >= 0.3 is 0 Å². The fourth-order valence-electron chi connectivity index (χ4n) is 8.29. The number of rotatable bonds is 13. The summed E-state index contributed by atoms with van der Waals surface area (Å²) < 4.78 is 45.9. The molecular formula is C37H42F3N11O. The summed E-state index contributed by atoms with van der Waals surface area (Å²) in [6, 6.07) is 12.2. The minimum atomic E-state index is -1.59. The fourth-order valence-corrected chi connectivity index (χ4v) is 8.29. The lowest BCUT2D eigenvalue weighted by Gasteiger charge is -2.34. The van der Waals surface area contributed by atoms with E-state index in [4.69, 9.17) is 10.7 Å². The van der Waals surface area contributed by atoms with Crippen LogP contribution in [0.3, 0.4) is 0 Å². The molecule has 15 heteroatoms. The van der Waals surface area contributed by atoms with Gasteiger partial charge in [-0.15, -0.1) is 0 Å². The van der Waals surface area contributed by atoms with Gasteiger partial charge in [-0.1, -0.05) is 6.07 Å². The third-order valence-electron chi connectivity index (χ3n) is 10.9. The number of β-amino-alcohol motifs (C(OH)–C–C–N with tert-alkyl or cyclic N) is 1. The van der Waals surface area contributed by atoms with Crippen molar-refractivity contribution in [3.63, 3.8) is 0 Å². The van der Waals surface area contributed by atoms with Crippen molar-refractivity contribution >= 4 is 5.95 Å². The molecule has 52 heavy (non-hydrogen) atoms. The van der Waals surface area contributed by atoms with Crippen LogP contribution in [0.5, 0.6) is 0 Å². The molecule has 0 bridgehead atoms. The monoisotopic (exact) mass is 713 g/mol. The van der Waals surface area contributed by atoms with Crippen LogP contribution in [0.15, 0.2) is 73.7 Å². The molecule has 1 saturated carbocycles. The molecule has 3 aromatic heterocycles. The lowest BCUT2D eigenvalue weighted by atomic mass is 9.92. The minimum Gasteiger partial charge on any atom is -0.382 e. The number of likely N-dealkylation sites (tertiary alicyclic amines) is 2. The third-order valence-corrected chi connectivity index (χ3v) is 10.9. The Morgan fingerprint density at radius 1 is 0.904 bits per heavy atom. The molecule has 8 rings (SSSR count). The molecule has 5 heterocycles. The van der Waals surface area contributed by atoms with E-state index < -0.39 is 17.2 Å². The van der Waals surface area contributed by atoms with Crippen molar-refractivity contribution in [2.24, 2.45) is 11.8 Å². The maximum absolute atomic E-state index is 14.9. The average Bonchev–Trinajstić information content (AvgIpc) is 3.61. The Hall–Kier alpha value is -4.70. The summed E-state index contributed by atoms with van der Waals surface area (Å²) in [6.45, 7) is 5.71. The Morgan fingerprint density at radius 3 is 2.38 bits per heavy atom. The molecule has 2 saturated heterocycles. The number of fused-ring (bicyclic) bond motifs is 1. The van der Waals surface area contributed by atoms with Crippen LogP contribution < -0.4 is 11.1 Å².